The van der Waals surface area contributed by atoms with Crippen LogP contribution in [0.2, 0.25) is 0 Å². The van der Waals surface area contributed by atoms with Crippen molar-refractivity contribution < 1.29 is 9.53 Å². The van der Waals surface area contributed by atoms with Gasteiger partial charge in [-0.05, 0) is 35.7 Å². The zero-order chi connectivity index (χ0) is 16.9. The summed E-state index contributed by atoms with van der Waals surface area (Å²) in [6.45, 7) is 2.00. The third kappa shape index (κ3) is 3.49. The Morgan fingerprint density at radius 2 is 1.96 bits per heavy atom. The molecule has 4 nitrogen and oxygen atoms in total. The van der Waals surface area contributed by atoms with Crippen molar-refractivity contribution in [2.75, 3.05) is 7.11 Å². The second kappa shape index (κ2) is 7.32. The predicted octanol–water partition coefficient (Wildman–Crippen LogP) is 3.69. The van der Waals surface area contributed by atoms with E-state index in [2.05, 4.69) is 9.97 Å². The molecule has 1 unspecified atom stereocenters. The Balaban J connectivity index is 1.92. The van der Waals surface area contributed by atoms with Crippen LogP contribution >= 0.6 is 0 Å². The number of carbonyl (C=O) groups is 1. The van der Waals surface area contributed by atoms with Crippen LogP contribution in [0.15, 0.2) is 55.0 Å². The number of rotatable bonds is 6. The van der Waals surface area contributed by atoms with E-state index in [9.17, 15) is 4.79 Å². The number of benzene rings is 1. The van der Waals surface area contributed by atoms with Gasteiger partial charge in [-0.3, -0.25) is 14.8 Å². The quantitative estimate of drug-likeness (QED) is 0.695. The smallest absolute Gasteiger partial charge is 0.141 e. The lowest BCUT2D eigenvalue weighted by Gasteiger charge is -2.17. The van der Waals surface area contributed by atoms with Crippen molar-refractivity contribution in [2.45, 2.75) is 25.9 Å². The van der Waals surface area contributed by atoms with E-state index in [1.54, 1.807) is 25.7 Å². The molecule has 2 heterocycles. The van der Waals surface area contributed by atoms with Gasteiger partial charge in [-0.15, -0.1) is 0 Å². The summed E-state index contributed by atoms with van der Waals surface area (Å²) in [7, 11) is 1.68. The standard InChI is InChI=1S/C20H20N2O2/c1-14(24-2)20-16(13-22-19-8-4-3-7-18(19)20)11-17(23)10-15-6-5-9-21-12-15/h3-9,12-14H,10-11H2,1-2H3. The Hall–Kier alpha value is -2.59. The van der Waals surface area contributed by atoms with Crippen molar-refractivity contribution in [1.29, 1.82) is 0 Å². The highest BCUT2D eigenvalue weighted by atomic mass is 16.5. The topological polar surface area (TPSA) is 52.1 Å². The number of hydrogen-bond acceptors (Lipinski definition) is 4. The molecular formula is C20H20N2O2. The van der Waals surface area contributed by atoms with E-state index in [1.807, 2.05) is 43.3 Å². The van der Waals surface area contributed by atoms with E-state index in [4.69, 9.17) is 4.74 Å². The Bertz CT molecular complexity index is 847. The average Bonchev–Trinajstić information content (AvgIpc) is 2.61. The highest BCUT2D eigenvalue weighted by Crippen LogP contribution is 2.28. The molecule has 0 aliphatic carbocycles. The number of hydrogen-bond donors (Lipinski definition) is 0. The van der Waals surface area contributed by atoms with Gasteiger partial charge in [0.2, 0.25) is 0 Å². The van der Waals surface area contributed by atoms with Crippen molar-refractivity contribution >= 4 is 16.7 Å². The lowest BCUT2D eigenvalue weighted by atomic mass is 9.95. The van der Waals surface area contributed by atoms with Gasteiger partial charge in [-0.25, -0.2) is 0 Å². The van der Waals surface area contributed by atoms with Crippen molar-refractivity contribution in [3.63, 3.8) is 0 Å². The molecular weight excluding hydrogens is 300 g/mol. The molecule has 0 saturated heterocycles. The number of para-hydroxylation sites is 1. The molecule has 1 aromatic carbocycles. The second-order valence-electron chi connectivity index (χ2n) is 5.85. The first kappa shape index (κ1) is 16.3. The van der Waals surface area contributed by atoms with E-state index in [0.717, 1.165) is 27.6 Å². The lowest BCUT2D eigenvalue weighted by molar-refractivity contribution is -0.117. The average molecular weight is 320 g/mol. The van der Waals surface area contributed by atoms with Gasteiger partial charge < -0.3 is 4.74 Å². The minimum atomic E-state index is -0.0981. The number of methoxy groups -OCH3 is 1. The van der Waals surface area contributed by atoms with Crippen LogP contribution in [0.4, 0.5) is 0 Å². The maximum absolute atomic E-state index is 12.5. The highest BCUT2D eigenvalue weighted by molar-refractivity contribution is 5.87. The van der Waals surface area contributed by atoms with Crippen LogP contribution in [0, 0.1) is 0 Å². The van der Waals surface area contributed by atoms with Crippen LogP contribution in [0.3, 0.4) is 0 Å². The number of aromatic nitrogens is 2. The fourth-order valence-electron chi connectivity index (χ4n) is 2.95. The SMILES string of the molecule is COC(C)c1c(CC(=O)Cc2cccnc2)cnc2ccccc12. The van der Waals surface area contributed by atoms with Crippen molar-refractivity contribution in [1.82, 2.24) is 9.97 Å². The summed E-state index contributed by atoms with van der Waals surface area (Å²) in [5, 5.41) is 1.04. The molecule has 3 aromatic rings. The molecule has 0 spiro atoms. The summed E-state index contributed by atoms with van der Waals surface area (Å²) >= 11 is 0. The Kier molecular flexibility index (Phi) is 4.96. The van der Waals surface area contributed by atoms with Gasteiger partial charge in [0.25, 0.3) is 0 Å². The highest BCUT2D eigenvalue weighted by Gasteiger charge is 2.17. The van der Waals surface area contributed by atoms with Crippen LogP contribution < -0.4 is 0 Å². The molecule has 0 aliphatic heterocycles. The maximum Gasteiger partial charge on any atom is 0.141 e. The van der Waals surface area contributed by atoms with Crippen LogP contribution in [-0.4, -0.2) is 22.9 Å². The van der Waals surface area contributed by atoms with Gasteiger partial charge in [-0.1, -0.05) is 24.3 Å². The molecule has 0 fully saturated rings. The monoisotopic (exact) mass is 320 g/mol. The minimum Gasteiger partial charge on any atom is -0.377 e. The Morgan fingerprint density at radius 1 is 1.12 bits per heavy atom. The Morgan fingerprint density at radius 3 is 2.71 bits per heavy atom. The number of fused-ring (bicyclic) bond motifs is 1. The number of ether oxygens (including phenoxy) is 1. The molecule has 0 bridgehead atoms. The van der Waals surface area contributed by atoms with Crippen LogP contribution in [0.25, 0.3) is 10.9 Å². The van der Waals surface area contributed by atoms with Gasteiger partial charge in [0.15, 0.2) is 0 Å². The summed E-state index contributed by atoms with van der Waals surface area (Å²) in [5.74, 6) is 0.143. The molecule has 122 valence electrons. The van der Waals surface area contributed by atoms with E-state index >= 15 is 0 Å². The van der Waals surface area contributed by atoms with Gasteiger partial charge in [-0.2, -0.15) is 0 Å². The van der Waals surface area contributed by atoms with E-state index in [1.165, 1.54) is 0 Å². The second-order valence-corrected chi connectivity index (χ2v) is 5.85. The number of Topliss-reactive ketones (excluding diaryl/α,β-unsaturated/α-hetero) is 1. The van der Waals surface area contributed by atoms with Crippen LogP contribution in [-0.2, 0) is 22.4 Å². The third-order valence-corrected chi connectivity index (χ3v) is 4.17. The molecule has 0 saturated carbocycles. The predicted molar refractivity (Wildman–Crippen MR) is 93.8 cm³/mol. The van der Waals surface area contributed by atoms with Crippen molar-refractivity contribution in [3.8, 4) is 0 Å². The Labute approximate surface area is 141 Å². The first-order valence-corrected chi connectivity index (χ1v) is 7.99. The van der Waals surface area contributed by atoms with E-state index < -0.39 is 0 Å². The number of pyridine rings is 2. The molecule has 4 heteroatoms. The van der Waals surface area contributed by atoms with Crippen LogP contribution in [0.5, 0.6) is 0 Å². The van der Waals surface area contributed by atoms with Gasteiger partial charge in [0, 0.05) is 43.9 Å². The first-order valence-electron chi connectivity index (χ1n) is 7.99. The minimum absolute atomic E-state index is 0.0981. The van der Waals surface area contributed by atoms with Gasteiger partial charge in [0.05, 0.1) is 11.6 Å². The first-order chi connectivity index (χ1) is 11.7. The lowest BCUT2D eigenvalue weighted by Crippen LogP contribution is -2.11. The molecule has 1 atom stereocenters. The number of nitrogens with zero attached hydrogens (tertiary/aromatic N) is 2. The van der Waals surface area contributed by atoms with Crippen LogP contribution in [0.1, 0.15) is 29.7 Å². The molecule has 24 heavy (non-hydrogen) atoms. The molecule has 0 N–H and O–H groups in total. The molecule has 0 aliphatic rings. The molecule has 0 amide bonds. The van der Waals surface area contributed by atoms with Gasteiger partial charge >= 0.3 is 0 Å². The molecule has 0 radical (unpaired) electrons. The zero-order valence-corrected chi connectivity index (χ0v) is 13.9. The summed E-state index contributed by atoms with van der Waals surface area (Å²) in [5.41, 5.74) is 3.82. The summed E-state index contributed by atoms with van der Waals surface area (Å²) in [6, 6.07) is 11.7. The maximum atomic E-state index is 12.5. The normalized spacial score (nSPS) is 12.2. The van der Waals surface area contributed by atoms with E-state index in [0.29, 0.717) is 12.8 Å². The van der Waals surface area contributed by atoms with Crippen molar-refractivity contribution in [2.24, 2.45) is 0 Å². The molecule has 2 aromatic heterocycles. The third-order valence-electron chi connectivity index (χ3n) is 4.17. The summed E-state index contributed by atoms with van der Waals surface area (Å²) in [6.07, 6.45) is 5.86. The van der Waals surface area contributed by atoms with Crippen molar-refractivity contribution in [3.05, 3.63) is 71.7 Å². The zero-order valence-electron chi connectivity index (χ0n) is 13.9. The summed E-state index contributed by atoms with van der Waals surface area (Å²) in [4.78, 5) is 21.0. The number of ketones is 1. The summed E-state index contributed by atoms with van der Waals surface area (Å²) < 4.78 is 5.54. The van der Waals surface area contributed by atoms with E-state index in [-0.39, 0.29) is 11.9 Å². The largest absolute Gasteiger partial charge is 0.377 e. The molecule has 3 rings (SSSR count). The fraction of sp³-hybridized carbons (Fsp3) is 0.250. The van der Waals surface area contributed by atoms with Gasteiger partial charge in [0.1, 0.15) is 5.78 Å². The number of carbonyl (C=O) groups excluding carboxylic acids is 1. The fourth-order valence-corrected chi connectivity index (χ4v) is 2.95.